The minimum Gasteiger partial charge on any atom is -0.494 e. The zero-order valence-corrected chi connectivity index (χ0v) is 11.4. The van der Waals surface area contributed by atoms with E-state index >= 15 is 0 Å². The molecule has 1 heterocycles. The molecule has 0 radical (unpaired) electrons. The molecule has 3 nitrogen and oxygen atoms in total. The third-order valence-electron chi connectivity index (χ3n) is 3.72. The molecule has 3 N–H and O–H groups in total. The first kappa shape index (κ1) is 13.4. The minimum absolute atomic E-state index is 0.258. The van der Waals surface area contributed by atoms with Crippen LogP contribution in [0.15, 0.2) is 24.3 Å². The average Bonchev–Trinajstić information content (AvgIpc) is 2.39. The largest absolute Gasteiger partial charge is 0.494 e. The molecule has 0 aliphatic carbocycles. The molecule has 18 heavy (non-hydrogen) atoms. The van der Waals surface area contributed by atoms with Crippen LogP contribution >= 0.6 is 0 Å². The van der Waals surface area contributed by atoms with E-state index in [9.17, 15) is 0 Å². The van der Waals surface area contributed by atoms with Crippen molar-refractivity contribution in [1.82, 2.24) is 5.32 Å². The molecule has 1 aromatic rings. The van der Waals surface area contributed by atoms with Gasteiger partial charge in [0.2, 0.25) is 0 Å². The molecule has 3 atom stereocenters. The fourth-order valence-corrected chi connectivity index (χ4v) is 2.82. The molecule has 0 amide bonds. The SMILES string of the molecule is CCOc1cccc(C2CC(N)CNC2CC)c1. The molecule has 0 spiro atoms. The van der Waals surface area contributed by atoms with Crippen LogP contribution in [-0.2, 0) is 0 Å². The minimum atomic E-state index is 0.258. The molecule has 3 heteroatoms. The van der Waals surface area contributed by atoms with Crippen molar-refractivity contribution in [2.24, 2.45) is 5.73 Å². The number of rotatable bonds is 4. The van der Waals surface area contributed by atoms with Crippen LogP contribution in [0.2, 0.25) is 0 Å². The second-order valence-corrected chi connectivity index (χ2v) is 5.03. The van der Waals surface area contributed by atoms with Crippen LogP contribution in [0, 0.1) is 0 Å². The van der Waals surface area contributed by atoms with Crippen LogP contribution in [0.5, 0.6) is 5.75 Å². The van der Waals surface area contributed by atoms with E-state index in [0.29, 0.717) is 18.6 Å². The lowest BCUT2D eigenvalue weighted by Crippen LogP contribution is -2.49. The van der Waals surface area contributed by atoms with Crippen LogP contribution in [0.25, 0.3) is 0 Å². The standard InChI is InChI=1S/C15H24N2O/c1-3-15-14(9-12(16)10-17-15)11-6-5-7-13(8-11)18-4-2/h5-8,12,14-15,17H,3-4,9-10,16H2,1-2H3. The van der Waals surface area contributed by atoms with Crippen molar-refractivity contribution >= 4 is 0 Å². The highest BCUT2D eigenvalue weighted by Gasteiger charge is 2.28. The second kappa shape index (κ2) is 6.21. The quantitative estimate of drug-likeness (QED) is 0.859. The summed E-state index contributed by atoms with van der Waals surface area (Å²) in [4.78, 5) is 0. The highest BCUT2D eigenvalue weighted by atomic mass is 16.5. The summed E-state index contributed by atoms with van der Waals surface area (Å²) in [6.45, 7) is 5.89. The van der Waals surface area contributed by atoms with E-state index < -0.39 is 0 Å². The van der Waals surface area contributed by atoms with Gasteiger partial charge in [0.05, 0.1) is 6.61 Å². The smallest absolute Gasteiger partial charge is 0.119 e. The van der Waals surface area contributed by atoms with Gasteiger partial charge in [-0.05, 0) is 37.5 Å². The molecule has 0 aromatic heterocycles. The second-order valence-electron chi connectivity index (χ2n) is 5.03. The summed E-state index contributed by atoms with van der Waals surface area (Å²) in [5, 5.41) is 3.55. The number of benzene rings is 1. The van der Waals surface area contributed by atoms with Crippen LogP contribution in [-0.4, -0.2) is 25.2 Å². The Hall–Kier alpha value is -1.06. The van der Waals surface area contributed by atoms with Gasteiger partial charge in [-0.25, -0.2) is 0 Å². The highest BCUT2D eigenvalue weighted by Crippen LogP contribution is 2.31. The lowest BCUT2D eigenvalue weighted by Gasteiger charge is -2.35. The summed E-state index contributed by atoms with van der Waals surface area (Å²) in [7, 11) is 0. The average molecular weight is 248 g/mol. The van der Waals surface area contributed by atoms with Crippen molar-refractivity contribution in [3.63, 3.8) is 0 Å². The van der Waals surface area contributed by atoms with Crippen LogP contribution < -0.4 is 15.8 Å². The third-order valence-corrected chi connectivity index (χ3v) is 3.72. The van der Waals surface area contributed by atoms with Crippen LogP contribution in [0.4, 0.5) is 0 Å². The Bertz CT molecular complexity index is 381. The van der Waals surface area contributed by atoms with E-state index in [-0.39, 0.29) is 6.04 Å². The predicted molar refractivity (Wildman–Crippen MR) is 75.0 cm³/mol. The lowest BCUT2D eigenvalue weighted by atomic mass is 9.82. The summed E-state index contributed by atoms with van der Waals surface area (Å²) < 4.78 is 5.58. The van der Waals surface area contributed by atoms with Gasteiger partial charge in [-0.15, -0.1) is 0 Å². The topological polar surface area (TPSA) is 47.3 Å². The van der Waals surface area contributed by atoms with E-state index in [0.717, 1.165) is 25.1 Å². The van der Waals surface area contributed by atoms with E-state index in [1.807, 2.05) is 13.0 Å². The molecule has 1 aliphatic heterocycles. The molecule has 0 saturated carbocycles. The Morgan fingerprint density at radius 1 is 1.39 bits per heavy atom. The Labute approximate surface area is 110 Å². The fraction of sp³-hybridized carbons (Fsp3) is 0.600. The lowest BCUT2D eigenvalue weighted by molar-refractivity contribution is 0.311. The molecule has 1 aliphatic rings. The number of hydrogen-bond donors (Lipinski definition) is 2. The summed E-state index contributed by atoms with van der Waals surface area (Å²) in [5.41, 5.74) is 7.43. The van der Waals surface area contributed by atoms with Gasteiger partial charge in [-0.3, -0.25) is 0 Å². The predicted octanol–water partition coefficient (Wildman–Crippen LogP) is 2.27. The van der Waals surface area contributed by atoms with E-state index in [1.165, 1.54) is 5.56 Å². The zero-order chi connectivity index (χ0) is 13.0. The van der Waals surface area contributed by atoms with E-state index in [4.69, 9.17) is 10.5 Å². The van der Waals surface area contributed by atoms with Crippen molar-refractivity contribution in [3.05, 3.63) is 29.8 Å². The maximum absolute atomic E-state index is 6.08. The van der Waals surface area contributed by atoms with Gasteiger partial charge in [0.25, 0.3) is 0 Å². The van der Waals surface area contributed by atoms with E-state index in [2.05, 4.69) is 30.4 Å². The van der Waals surface area contributed by atoms with Gasteiger partial charge in [0.15, 0.2) is 0 Å². The molecule has 1 aromatic carbocycles. The molecule has 1 fully saturated rings. The normalized spacial score (nSPS) is 28.1. The number of nitrogens with two attached hydrogens (primary N) is 1. The molecule has 1 saturated heterocycles. The van der Waals surface area contributed by atoms with Crippen molar-refractivity contribution < 1.29 is 4.74 Å². The molecular weight excluding hydrogens is 224 g/mol. The number of hydrogen-bond acceptors (Lipinski definition) is 3. The van der Waals surface area contributed by atoms with Gasteiger partial charge in [0.1, 0.15) is 5.75 Å². The van der Waals surface area contributed by atoms with Gasteiger partial charge >= 0.3 is 0 Å². The van der Waals surface area contributed by atoms with Gasteiger partial charge in [-0.2, -0.15) is 0 Å². The van der Waals surface area contributed by atoms with Gasteiger partial charge in [0, 0.05) is 24.5 Å². The van der Waals surface area contributed by atoms with E-state index in [1.54, 1.807) is 0 Å². The summed E-state index contributed by atoms with van der Waals surface area (Å²) in [5.74, 6) is 1.46. The zero-order valence-electron chi connectivity index (χ0n) is 11.4. The Morgan fingerprint density at radius 3 is 2.94 bits per heavy atom. The first-order chi connectivity index (χ1) is 8.74. The summed E-state index contributed by atoms with van der Waals surface area (Å²) >= 11 is 0. The van der Waals surface area contributed by atoms with Crippen LogP contribution in [0.1, 0.15) is 38.2 Å². The monoisotopic (exact) mass is 248 g/mol. The maximum atomic E-state index is 6.08. The van der Waals surface area contributed by atoms with Crippen molar-refractivity contribution in [1.29, 1.82) is 0 Å². The number of nitrogens with one attached hydrogen (secondary N) is 1. The fourth-order valence-electron chi connectivity index (χ4n) is 2.82. The van der Waals surface area contributed by atoms with Gasteiger partial charge < -0.3 is 15.8 Å². The first-order valence-corrected chi connectivity index (χ1v) is 6.96. The molecule has 3 unspecified atom stereocenters. The molecule has 2 rings (SSSR count). The molecular formula is C15H24N2O. The maximum Gasteiger partial charge on any atom is 0.119 e. The highest BCUT2D eigenvalue weighted by molar-refractivity contribution is 5.32. The molecule has 0 bridgehead atoms. The van der Waals surface area contributed by atoms with Crippen molar-refractivity contribution in [3.8, 4) is 5.75 Å². The van der Waals surface area contributed by atoms with Crippen LogP contribution in [0.3, 0.4) is 0 Å². The Morgan fingerprint density at radius 2 is 2.22 bits per heavy atom. The van der Waals surface area contributed by atoms with Crippen molar-refractivity contribution in [2.45, 2.75) is 44.7 Å². The summed E-state index contributed by atoms with van der Waals surface area (Å²) in [6, 6.07) is 9.24. The number of piperidine rings is 1. The summed E-state index contributed by atoms with van der Waals surface area (Å²) in [6.07, 6.45) is 2.19. The third kappa shape index (κ3) is 3.03. The molecule has 100 valence electrons. The first-order valence-electron chi connectivity index (χ1n) is 6.96. The van der Waals surface area contributed by atoms with Gasteiger partial charge in [-0.1, -0.05) is 19.1 Å². The number of ether oxygens (including phenoxy) is 1. The Kier molecular flexibility index (Phi) is 4.61. The van der Waals surface area contributed by atoms with Crippen molar-refractivity contribution in [2.75, 3.05) is 13.2 Å². The Balaban J connectivity index is 2.19.